The Bertz CT molecular complexity index is 545. The zero-order chi connectivity index (χ0) is 18.7. The number of nitrogens with one attached hydrogen (secondary N) is 1. The minimum absolute atomic E-state index is 0.0338. The Labute approximate surface area is 146 Å². The van der Waals surface area contributed by atoms with Crippen molar-refractivity contribution in [2.75, 3.05) is 13.2 Å². The van der Waals surface area contributed by atoms with Crippen LogP contribution in [0, 0.1) is 0 Å². The quantitative estimate of drug-likeness (QED) is 0.770. The largest absolute Gasteiger partial charge is 0.507 e. The minimum Gasteiger partial charge on any atom is -0.507 e. The molecule has 3 N–H and O–H groups in total. The van der Waals surface area contributed by atoms with Gasteiger partial charge in [0.15, 0.2) is 0 Å². The van der Waals surface area contributed by atoms with Crippen LogP contribution in [-0.2, 0) is 15.6 Å². The highest BCUT2D eigenvalue weighted by atomic mass is 16.3. The van der Waals surface area contributed by atoms with Crippen LogP contribution in [0.3, 0.4) is 0 Å². The summed E-state index contributed by atoms with van der Waals surface area (Å²) in [5.74, 6) is 0.321. The Hall–Kier alpha value is -1.55. The maximum atomic E-state index is 11.9. The van der Waals surface area contributed by atoms with E-state index in [0.717, 1.165) is 16.7 Å². The van der Waals surface area contributed by atoms with Crippen molar-refractivity contribution in [1.29, 1.82) is 0 Å². The minimum atomic E-state index is -0.182. The molecular formula is C20H33NO3. The summed E-state index contributed by atoms with van der Waals surface area (Å²) in [6, 6.07) is 4.04. The summed E-state index contributed by atoms with van der Waals surface area (Å²) in [4.78, 5) is 11.9. The van der Waals surface area contributed by atoms with Gasteiger partial charge in [-0.2, -0.15) is 0 Å². The second-order valence-corrected chi connectivity index (χ2v) is 8.64. The number of aliphatic hydroxyl groups excluding tert-OH is 1. The maximum absolute atomic E-state index is 11.9. The third kappa shape index (κ3) is 5.23. The standard InChI is InChI=1S/C20H33NO3/c1-13(10-17(23)21-8-9-22)14-11-15(19(2,3)4)18(24)16(12-14)20(5,6)7/h11-13,22,24H,8-10H2,1-7H3,(H,21,23). The van der Waals surface area contributed by atoms with E-state index in [9.17, 15) is 9.90 Å². The molecule has 1 atom stereocenters. The molecule has 0 heterocycles. The molecule has 0 saturated carbocycles. The van der Waals surface area contributed by atoms with Gasteiger partial charge in [0.25, 0.3) is 0 Å². The molecule has 1 rings (SSSR count). The molecule has 0 aliphatic heterocycles. The number of aliphatic hydroxyl groups is 1. The maximum Gasteiger partial charge on any atom is 0.220 e. The molecule has 1 aromatic carbocycles. The third-order valence-electron chi connectivity index (χ3n) is 4.24. The number of amides is 1. The fraction of sp³-hybridized carbons (Fsp3) is 0.650. The van der Waals surface area contributed by atoms with Crippen molar-refractivity contribution >= 4 is 5.91 Å². The molecule has 1 aromatic rings. The van der Waals surface area contributed by atoms with Crippen molar-refractivity contribution in [3.63, 3.8) is 0 Å². The van der Waals surface area contributed by atoms with E-state index in [1.807, 2.05) is 19.1 Å². The zero-order valence-corrected chi connectivity index (χ0v) is 16.2. The molecular weight excluding hydrogens is 302 g/mol. The number of rotatable bonds is 5. The van der Waals surface area contributed by atoms with E-state index in [1.165, 1.54) is 0 Å². The number of carbonyl (C=O) groups is 1. The van der Waals surface area contributed by atoms with Gasteiger partial charge in [-0.1, -0.05) is 60.6 Å². The van der Waals surface area contributed by atoms with E-state index >= 15 is 0 Å². The van der Waals surface area contributed by atoms with Gasteiger partial charge in [-0.15, -0.1) is 0 Å². The fourth-order valence-electron chi connectivity index (χ4n) is 2.75. The molecule has 0 aliphatic carbocycles. The van der Waals surface area contributed by atoms with Crippen LogP contribution in [-0.4, -0.2) is 29.3 Å². The Kier molecular flexibility index (Phi) is 6.45. The van der Waals surface area contributed by atoms with Gasteiger partial charge in [0.05, 0.1) is 6.61 Å². The second-order valence-electron chi connectivity index (χ2n) is 8.64. The highest BCUT2D eigenvalue weighted by Crippen LogP contribution is 2.41. The molecule has 4 nitrogen and oxygen atoms in total. The lowest BCUT2D eigenvalue weighted by Crippen LogP contribution is -2.27. The summed E-state index contributed by atoms with van der Waals surface area (Å²) in [6.07, 6.45) is 0.359. The van der Waals surface area contributed by atoms with Gasteiger partial charge >= 0.3 is 0 Å². The monoisotopic (exact) mass is 335 g/mol. The summed E-state index contributed by atoms with van der Waals surface area (Å²) in [5.41, 5.74) is 2.51. The van der Waals surface area contributed by atoms with Gasteiger partial charge in [-0.25, -0.2) is 0 Å². The lowest BCUT2D eigenvalue weighted by atomic mass is 9.77. The molecule has 0 fully saturated rings. The highest BCUT2D eigenvalue weighted by Gasteiger charge is 2.27. The van der Waals surface area contributed by atoms with E-state index in [1.54, 1.807) is 0 Å². The Morgan fingerprint density at radius 1 is 1.08 bits per heavy atom. The van der Waals surface area contributed by atoms with Gasteiger partial charge in [0.2, 0.25) is 5.91 Å². The zero-order valence-electron chi connectivity index (χ0n) is 16.2. The molecule has 0 aromatic heterocycles. The molecule has 0 saturated heterocycles. The molecule has 0 radical (unpaired) electrons. The molecule has 4 heteroatoms. The van der Waals surface area contributed by atoms with Crippen molar-refractivity contribution in [3.05, 3.63) is 28.8 Å². The van der Waals surface area contributed by atoms with Crippen LogP contribution in [0.5, 0.6) is 5.75 Å². The lowest BCUT2D eigenvalue weighted by Gasteiger charge is -2.29. The van der Waals surface area contributed by atoms with Crippen molar-refractivity contribution in [3.8, 4) is 5.75 Å². The van der Waals surface area contributed by atoms with Crippen LogP contribution in [0.2, 0.25) is 0 Å². The lowest BCUT2D eigenvalue weighted by molar-refractivity contribution is -0.121. The topological polar surface area (TPSA) is 69.6 Å². The summed E-state index contributed by atoms with van der Waals surface area (Å²) in [6.45, 7) is 14.7. The SMILES string of the molecule is CC(CC(=O)NCCO)c1cc(C(C)(C)C)c(O)c(C(C)(C)C)c1. The fourth-order valence-corrected chi connectivity index (χ4v) is 2.75. The summed E-state index contributed by atoms with van der Waals surface area (Å²) in [7, 11) is 0. The predicted octanol–water partition coefficient (Wildman–Crippen LogP) is 3.59. The Morgan fingerprint density at radius 2 is 1.54 bits per heavy atom. The number of phenolic OH excluding ortho intramolecular Hbond substituents is 1. The summed E-state index contributed by atoms with van der Waals surface area (Å²) < 4.78 is 0. The van der Waals surface area contributed by atoms with Crippen LogP contribution < -0.4 is 5.32 Å². The number of benzene rings is 1. The van der Waals surface area contributed by atoms with Gasteiger partial charge in [0.1, 0.15) is 5.75 Å². The molecule has 136 valence electrons. The molecule has 0 spiro atoms. The number of phenols is 1. The van der Waals surface area contributed by atoms with Gasteiger partial charge in [0, 0.05) is 13.0 Å². The van der Waals surface area contributed by atoms with Crippen LogP contribution in [0.1, 0.15) is 77.5 Å². The Morgan fingerprint density at radius 3 is 1.92 bits per heavy atom. The normalized spacial score (nSPS) is 13.7. The first-order valence-electron chi connectivity index (χ1n) is 8.63. The van der Waals surface area contributed by atoms with Crippen molar-refractivity contribution in [2.45, 2.75) is 71.6 Å². The Balaban J connectivity index is 3.26. The van der Waals surface area contributed by atoms with E-state index < -0.39 is 0 Å². The van der Waals surface area contributed by atoms with Crippen LogP contribution in [0.4, 0.5) is 0 Å². The van der Waals surface area contributed by atoms with Crippen LogP contribution in [0.15, 0.2) is 12.1 Å². The third-order valence-corrected chi connectivity index (χ3v) is 4.24. The van der Waals surface area contributed by atoms with E-state index in [-0.39, 0.29) is 35.8 Å². The molecule has 0 aliphatic rings. The summed E-state index contributed by atoms with van der Waals surface area (Å²) in [5, 5.41) is 22.3. The van der Waals surface area contributed by atoms with Crippen molar-refractivity contribution in [2.24, 2.45) is 0 Å². The summed E-state index contributed by atoms with van der Waals surface area (Å²) >= 11 is 0. The molecule has 0 bridgehead atoms. The number of hydrogen-bond acceptors (Lipinski definition) is 3. The first-order valence-corrected chi connectivity index (χ1v) is 8.63. The molecule has 24 heavy (non-hydrogen) atoms. The number of hydrogen-bond donors (Lipinski definition) is 3. The number of carbonyl (C=O) groups excluding carboxylic acids is 1. The van der Waals surface area contributed by atoms with Crippen LogP contribution >= 0.6 is 0 Å². The highest BCUT2D eigenvalue weighted by molar-refractivity contribution is 5.76. The molecule has 1 unspecified atom stereocenters. The van der Waals surface area contributed by atoms with Crippen LogP contribution in [0.25, 0.3) is 0 Å². The van der Waals surface area contributed by atoms with Gasteiger partial charge in [-0.05, 0) is 33.4 Å². The smallest absolute Gasteiger partial charge is 0.220 e. The average Bonchev–Trinajstić information content (AvgIpc) is 2.42. The second kappa shape index (κ2) is 7.56. The van der Waals surface area contributed by atoms with Crippen molar-refractivity contribution in [1.82, 2.24) is 5.32 Å². The van der Waals surface area contributed by atoms with Gasteiger partial charge in [-0.3, -0.25) is 4.79 Å². The van der Waals surface area contributed by atoms with Gasteiger partial charge < -0.3 is 15.5 Å². The first kappa shape index (κ1) is 20.5. The van der Waals surface area contributed by atoms with E-state index in [2.05, 4.69) is 46.9 Å². The average molecular weight is 335 g/mol. The first-order chi connectivity index (χ1) is 10.9. The van der Waals surface area contributed by atoms with E-state index in [4.69, 9.17) is 5.11 Å². The molecule has 1 amide bonds. The van der Waals surface area contributed by atoms with E-state index in [0.29, 0.717) is 12.2 Å². The number of aromatic hydroxyl groups is 1. The van der Waals surface area contributed by atoms with Crippen molar-refractivity contribution < 1.29 is 15.0 Å². The predicted molar refractivity (Wildman–Crippen MR) is 98.6 cm³/mol.